The maximum Gasteiger partial charge on any atom is 0.143 e. The third-order valence-corrected chi connectivity index (χ3v) is 12.4. The van der Waals surface area contributed by atoms with Crippen LogP contribution in [0.15, 0.2) is 174 Å². The molecule has 252 valence electrons. The SMILES string of the molecule is CC1(C)c2cc(-c3ccccc3)ccc2-c2ccc(-c3ccc(-c4ccc5ccc6cccc7ccc4c5c67)c4c3oc3cc5ccccc5cc34)cc21. The summed E-state index contributed by atoms with van der Waals surface area (Å²) in [4.78, 5) is 0. The highest BCUT2D eigenvalue weighted by molar-refractivity contribution is 6.27. The molecular formula is C53H34O. The van der Waals surface area contributed by atoms with Crippen molar-refractivity contribution in [3.8, 4) is 44.5 Å². The lowest BCUT2D eigenvalue weighted by atomic mass is 9.80. The van der Waals surface area contributed by atoms with Crippen LogP contribution in [0.1, 0.15) is 25.0 Å². The minimum Gasteiger partial charge on any atom is -0.455 e. The van der Waals surface area contributed by atoms with Crippen molar-refractivity contribution in [2.75, 3.05) is 0 Å². The molecule has 1 aliphatic rings. The molecule has 0 unspecified atom stereocenters. The van der Waals surface area contributed by atoms with Gasteiger partial charge >= 0.3 is 0 Å². The summed E-state index contributed by atoms with van der Waals surface area (Å²) >= 11 is 0. The second kappa shape index (κ2) is 10.7. The minimum absolute atomic E-state index is 0.155. The van der Waals surface area contributed by atoms with Crippen molar-refractivity contribution in [1.29, 1.82) is 0 Å². The number of hydrogen-bond acceptors (Lipinski definition) is 1. The van der Waals surface area contributed by atoms with Gasteiger partial charge < -0.3 is 4.42 Å². The molecule has 10 aromatic carbocycles. The first-order valence-corrected chi connectivity index (χ1v) is 18.9. The molecule has 0 radical (unpaired) electrons. The summed E-state index contributed by atoms with van der Waals surface area (Å²) in [7, 11) is 0. The molecule has 0 bridgehead atoms. The molecule has 1 heteroatoms. The van der Waals surface area contributed by atoms with Crippen molar-refractivity contribution in [1.82, 2.24) is 0 Å². The lowest BCUT2D eigenvalue weighted by Gasteiger charge is -2.23. The van der Waals surface area contributed by atoms with Gasteiger partial charge in [0.25, 0.3) is 0 Å². The predicted octanol–water partition coefficient (Wildman–Crippen LogP) is 14.9. The van der Waals surface area contributed by atoms with Crippen LogP contribution >= 0.6 is 0 Å². The lowest BCUT2D eigenvalue weighted by Crippen LogP contribution is -2.15. The van der Waals surface area contributed by atoms with Crippen LogP contribution in [-0.2, 0) is 5.41 Å². The Morgan fingerprint density at radius 1 is 0.352 bits per heavy atom. The van der Waals surface area contributed by atoms with E-state index in [1.54, 1.807) is 0 Å². The van der Waals surface area contributed by atoms with Crippen molar-refractivity contribution in [3.05, 3.63) is 181 Å². The molecule has 11 aromatic rings. The van der Waals surface area contributed by atoms with Crippen LogP contribution in [0.2, 0.25) is 0 Å². The first-order valence-electron chi connectivity index (χ1n) is 18.9. The zero-order valence-electron chi connectivity index (χ0n) is 30.1. The Morgan fingerprint density at radius 3 is 1.70 bits per heavy atom. The van der Waals surface area contributed by atoms with Crippen molar-refractivity contribution in [2.45, 2.75) is 19.3 Å². The third-order valence-electron chi connectivity index (χ3n) is 12.4. The van der Waals surface area contributed by atoms with Gasteiger partial charge in [-0.2, -0.15) is 0 Å². The Bertz CT molecular complexity index is 3330. The van der Waals surface area contributed by atoms with Crippen LogP contribution in [-0.4, -0.2) is 0 Å². The molecule has 0 aliphatic heterocycles. The molecule has 0 fully saturated rings. The average molecular weight is 687 g/mol. The maximum atomic E-state index is 7.03. The van der Waals surface area contributed by atoms with Crippen LogP contribution in [0.25, 0.3) is 110 Å². The van der Waals surface area contributed by atoms with E-state index < -0.39 is 0 Å². The van der Waals surface area contributed by atoms with Crippen LogP contribution in [0, 0.1) is 0 Å². The summed E-state index contributed by atoms with van der Waals surface area (Å²) < 4.78 is 7.03. The van der Waals surface area contributed by atoms with E-state index in [0.717, 1.165) is 22.1 Å². The van der Waals surface area contributed by atoms with Gasteiger partial charge in [-0.15, -0.1) is 0 Å². The van der Waals surface area contributed by atoms with Gasteiger partial charge in [0.2, 0.25) is 0 Å². The zero-order valence-corrected chi connectivity index (χ0v) is 30.1. The highest BCUT2D eigenvalue weighted by Gasteiger charge is 2.36. The zero-order chi connectivity index (χ0) is 35.7. The number of rotatable bonds is 3. The van der Waals surface area contributed by atoms with Crippen LogP contribution in [0.3, 0.4) is 0 Å². The van der Waals surface area contributed by atoms with Crippen molar-refractivity contribution < 1.29 is 4.42 Å². The first kappa shape index (κ1) is 29.8. The average Bonchev–Trinajstić information content (AvgIpc) is 3.70. The standard InChI is InChI=1S/C53H34O/c1-53(2)46-28-37(31-9-4-3-5-10-31)19-22-41(46)42-23-20-38(29-47(42)53)39-25-26-44(51-45-27-35-11-6-7-12-36(35)30-48(45)54-52(39)51)40-21-17-34-16-15-32-13-8-14-33-18-24-43(40)50(34)49(32)33/h3-30H,1-2H3. The normalized spacial score (nSPS) is 13.5. The topological polar surface area (TPSA) is 13.1 Å². The van der Waals surface area contributed by atoms with Gasteiger partial charge in [-0.05, 0) is 123 Å². The summed E-state index contributed by atoms with van der Waals surface area (Å²) in [6.07, 6.45) is 0. The van der Waals surface area contributed by atoms with Crippen LogP contribution in [0.4, 0.5) is 0 Å². The summed E-state index contributed by atoms with van der Waals surface area (Å²) in [5, 5.41) is 12.5. The molecule has 0 atom stereocenters. The fourth-order valence-corrected chi connectivity index (χ4v) is 9.70. The second-order valence-electron chi connectivity index (χ2n) is 15.6. The smallest absolute Gasteiger partial charge is 0.143 e. The first-order chi connectivity index (χ1) is 26.5. The highest BCUT2D eigenvalue weighted by atomic mass is 16.3. The highest BCUT2D eigenvalue weighted by Crippen LogP contribution is 2.52. The predicted molar refractivity (Wildman–Crippen MR) is 229 cm³/mol. The molecule has 0 spiro atoms. The molecule has 1 heterocycles. The molecule has 1 aliphatic carbocycles. The summed E-state index contributed by atoms with van der Waals surface area (Å²) in [6.45, 7) is 4.74. The lowest BCUT2D eigenvalue weighted by molar-refractivity contribution is 0.660. The largest absolute Gasteiger partial charge is 0.455 e. The Labute approximate surface area is 313 Å². The molecule has 0 amide bonds. The van der Waals surface area contributed by atoms with Gasteiger partial charge in [-0.25, -0.2) is 0 Å². The Morgan fingerprint density at radius 2 is 0.926 bits per heavy atom. The van der Waals surface area contributed by atoms with Gasteiger partial charge in [-0.1, -0.05) is 153 Å². The molecule has 1 nitrogen and oxygen atoms in total. The van der Waals surface area contributed by atoms with Gasteiger partial charge in [0.05, 0.1) is 0 Å². The fraction of sp³-hybridized carbons (Fsp3) is 0.0566. The summed E-state index contributed by atoms with van der Waals surface area (Å²) in [6, 6.07) is 62.9. The Kier molecular flexibility index (Phi) is 5.90. The van der Waals surface area contributed by atoms with E-state index in [4.69, 9.17) is 4.42 Å². The Hall–Kier alpha value is -6.70. The van der Waals surface area contributed by atoms with E-state index in [-0.39, 0.29) is 5.41 Å². The van der Waals surface area contributed by atoms with Crippen molar-refractivity contribution in [3.63, 3.8) is 0 Å². The number of fused-ring (bicyclic) bond motifs is 7. The van der Waals surface area contributed by atoms with Crippen LogP contribution in [0.5, 0.6) is 0 Å². The molecule has 0 saturated carbocycles. The van der Waals surface area contributed by atoms with E-state index >= 15 is 0 Å². The second-order valence-corrected chi connectivity index (χ2v) is 15.6. The number of benzene rings is 10. The van der Waals surface area contributed by atoms with Crippen molar-refractivity contribution >= 4 is 65.0 Å². The van der Waals surface area contributed by atoms with E-state index in [1.807, 2.05) is 0 Å². The van der Waals surface area contributed by atoms with E-state index in [9.17, 15) is 0 Å². The fourth-order valence-electron chi connectivity index (χ4n) is 9.70. The number of hydrogen-bond donors (Lipinski definition) is 0. The van der Waals surface area contributed by atoms with Gasteiger partial charge in [-0.3, -0.25) is 0 Å². The molecular weight excluding hydrogens is 653 g/mol. The molecule has 54 heavy (non-hydrogen) atoms. The quantitative estimate of drug-likeness (QED) is 0.169. The van der Waals surface area contributed by atoms with E-state index in [0.29, 0.717) is 0 Å². The van der Waals surface area contributed by atoms with Gasteiger partial charge in [0, 0.05) is 21.8 Å². The molecule has 0 saturated heterocycles. The van der Waals surface area contributed by atoms with Gasteiger partial charge in [0.15, 0.2) is 0 Å². The molecule has 1 aromatic heterocycles. The number of furan rings is 1. The summed E-state index contributed by atoms with van der Waals surface area (Å²) in [5.41, 5.74) is 14.3. The monoisotopic (exact) mass is 686 g/mol. The third kappa shape index (κ3) is 4.04. The maximum absolute atomic E-state index is 7.03. The van der Waals surface area contributed by atoms with Crippen molar-refractivity contribution in [2.24, 2.45) is 0 Å². The van der Waals surface area contributed by atoms with E-state index in [1.165, 1.54) is 98.5 Å². The van der Waals surface area contributed by atoms with E-state index in [2.05, 4.69) is 184 Å². The molecule has 0 N–H and O–H groups in total. The van der Waals surface area contributed by atoms with Crippen LogP contribution < -0.4 is 0 Å². The Balaban J connectivity index is 1.10. The minimum atomic E-state index is -0.155. The molecule has 12 rings (SSSR count). The summed E-state index contributed by atoms with van der Waals surface area (Å²) in [5.74, 6) is 0. The van der Waals surface area contributed by atoms with Gasteiger partial charge in [0.1, 0.15) is 11.2 Å².